The Hall–Kier alpha value is -3.12. The van der Waals surface area contributed by atoms with Crippen LogP contribution in [0.2, 0.25) is 0 Å². The Balaban J connectivity index is 1.59. The van der Waals surface area contributed by atoms with Crippen molar-refractivity contribution < 1.29 is 14.3 Å². The number of thiophene rings is 1. The lowest BCUT2D eigenvalue weighted by Crippen LogP contribution is -2.12. The van der Waals surface area contributed by atoms with E-state index in [1.165, 1.54) is 11.3 Å². The van der Waals surface area contributed by atoms with Gasteiger partial charge >= 0.3 is 0 Å². The van der Waals surface area contributed by atoms with Crippen molar-refractivity contribution in [3.8, 4) is 5.75 Å². The molecule has 0 radical (unpaired) electrons. The molecule has 6 heteroatoms. The molecule has 3 rings (SSSR count). The van der Waals surface area contributed by atoms with E-state index in [1.807, 2.05) is 18.4 Å². The maximum atomic E-state index is 12.3. The van der Waals surface area contributed by atoms with Gasteiger partial charge in [-0.15, -0.1) is 11.3 Å². The molecule has 1 aromatic heterocycles. The molecule has 2 amide bonds. The van der Waals surface area contributed by atoms with Crippen LogP contribution >= 0.6 is 11.3 Å². The average Bonchev–Trinajstić information content (AvgIpc) is 3.19. The number of benzene rings is 2. The third-order valence-corrected chi connectivity index (χ3v) is 4.44. The molecule has 26 heavy (non-hydrogen) atoms. The molecule has 0 spiro atoms. The first kappa shape index (κ1) is 17.7. The molecule has 0 saturated carbocycles. The first-order valence-electron chi connectivity index (χ1n) is 8.15. The van der Waals surface area contributed by atoms with E-state index in [1.54, 1.807) is 54.6 Å². The summed E-state index contributed by atoms with van der Waals surface area (Å²) in [6, 6.07) is 17.6. The molecule has 0 atom stereocenters. The van der Waals surface area contributed by atoms with Crippen LogP contribution in [-0.4, -0.2) is 18.4 Å². The van der Waals surface area contributed by atoms with Gasteiger partial charge in [-0.2, -0.15) is 0 Å². The minimum absolute atomic E-state index is 0.147. The van der Waals surface area contributed by atoms with Gasteiger partial charge < -0.3 is 15.4 Å². The lowest BCUT2D eigenvalue weighted by atomic mass is 10.2. The van der Waals surface area contributed by atoms with Crippen LogP contribution in [0.1, 0.15) is 27.0 Å². The Labute approximate surface area is 155 Å². The fourth-order valence-electron chi connectivity index (χ4n) is 2.31. The van der Waals surface area contributed by atoms with Gasteiger partial charge in [0.15, 0.2) is 0 Å². The van der Waals surface area contributed by atoms with Crippen LogP contribution in [0.3, 0.4) is 0 Å². The maximum absolute atomic E-state index is 12.3. The minimum Gasteiger partial charge on any atom is -0.494 e. The second kappa shape index (κ2) is 8.31. The highest BCUT2D eigenvalue weighted by atomic mass is 32.1. The van der Waals surface area contributed by atoms with Gasteiger partial charge in [-0.1, -0.05) is 6.07 Å². The van der Waals surface area contributed by atoms with Crippen molar-refractivity contribution >= 4 is 34.5 Å². The van der Waals surface area contributed by atoms with Crippen molar-refractivity contribution in [2.45, 2.75) is 6.92 Å². The number of ether oxygens (including phenoxy) is 1. The summed E-state index contributed by atoms with van der Waals surface area (Å²) in [6.07, 6.45) is 0. The third-order valence-electron chi connectivity index (χ3n) is 3.57. The van der Waals surface area contributed by atoms with E-state index in [0.29, 0.717) is 28.4 Å². The molecule has 0 aliphatic carbocycles. The van der Waals surface area contributed by atoms with Crippen molar-refractivity contribution in [1.82, 2.24) is 0 Å². The number of amides is 2. The highest BCUT2D eigenvalue weighted by Gasteiger charge is 2.08. The van der Waals surface area contributed by atoms with E-state index in [9.17, 15) is 9.59 Å². The van der Waals surface area contributed by atoms with Crippen LogP contribution in [0.4, 0.5) is 11.4 Å². The molecule has 3 aromatic rings. The fraction of sp³-hybridized carbons (Fsp3) is 0.100. The summed E-state index contributed by atoms with van der Waals surface area (Å²) >= 11 is 1.39. The smallest absolute Gasteiger partial charge is 0.265 e. The second-order valence-corrected chi connectivity index (χ2v) is 6.37. The molecule has 0 unspecified atom stereocenters. The molecule has 5 nitrogen and oxygen atoms in total. The summed E-state index contributed by atoms with van der Waals surface area (Å²) in [7, 11) is 0. The van der Waals surface area contributed by atoms with Gasteiger partial charge in [0, 0.05) is 16.9 Å². The first-order valence-corrected chi connectivity index (χ1v) is 9.03. The molecule has 132 valence electrons. The zero-order chi connectivity index (χ0) is 18.4. The second-order valence-electron chi connectivity index (χ2n) is 5.42. The van der Waals surface area contributed by atoms with Gasteiger partial charge in [0.05, 0.1) is 11.5 Å². The number of nitrogens with one attached hydrogen (secondary N) is 2. The maximum Gasteiger partial charge on any atom is 0.265 e. The predicted octanol–water partition coefficient (Wildman–Crippen LogP) is 4.65. The molecular formula is C20H18N2O3S. The summed E-state index contributed by atoms with van der Waals surface area (Å²) in [5.41, 5.74) is 1.86. The Bertz CT molecular complexity index is 872. The number of hydrogen-bond donors (Lipinski definition) is 2. The Kier molecular flexibility index (Phi) is 5.66. The molecule has 0 aliphatic rings. The molecule has 0 saturated heterocycles. The monoisotopic (exact) mass is 366 g/mol. The molecular weight excluding hydrogens is 348 g/mol. The SMILES string of the molecule is CCOc1ccc(C(=O)Nc2ccc(NC(=O)c3cccs3)cc2)cc1. The summed E-state index contributed by atoms with van der Waals surface area (Å²) in [5, 5.41) is 7.50. The lowest BCUT2D eigenvalue weighted by Gasteiger charge is -2.08. The van der Waals surface area contributed by atoms with Crippen molar-refractivity contribution in [3.63, 3.8) is 0 Å². The number of carbonyl (C=O) groups excluding carboxylic acids is 2. The van der Waals surface area contributed by atoms with Crippen molar-refractivity contribution in [2.75, 3.05) is 17.2 Å². The highest BCUT2D eigenvalue weighted by molar-refractivity contribution is 7.12. The van der Waals surface area contributed by atoms with Gasteiger partial charge in [0.1, 0.15) is 5.75 Å². The third kappa shape index (κ3) is 4.49. The Morgan fingerprint density at radius 2 is 1.50 bits per heavy atom. The summed E-state index contributed by atoms with van der Waals surface area (Å²) in [6.45, 7) is 2.49. The van der Waals surface area contributed by atoms with Gasteiger partial charge in [0.25, 0.3) is 11.8 Å². The predicted molar refractivity (Wildman–Crippen MR) is 104 cm³/mol. The molecule has 1 heterocycles. The van der Waals surface area contributed by atoms with E-state index in [-0.39, 0.29) is 11.8 Å². The van der Waals surface area contributed by atoms with Crippen LogP contribution in [-0.2, 0) is 0 Å². The number of carbonyl (C=O) groups is 2. The number of anilines is 2. The lowest BCUT2D eigenvalue weighted by molar-refractivity contribution is 0.102. The molecule has 2 aromatic carbocycles. The Morgan fingerprint density at radius 1 is 0.885 bits per heavy atom. The molecule has 2 N–H and O–H groups in total. The van der Waals surface area contributed by atoms with Gasteiger partial charge in [-0.05, 0) is 66.9 Å². The van der Waals surface area contributed by atoms with Crippen LogP contribution < -0.4 is 15.4 Å². The Morgan fingerprint density at radius 3 is 2.04 bits per heavy atom. The van der Waals surface area contributed by atoms with Gasteiger partial charge in [0.2, 0.25) is 0 Å². The topological polar surface area (TPSA) is 67.4 Å². The highest BCUT2D eigenvalue weighted by Crippen LogP contribution is 2.18. The van der Waals surface area contributed by atoms with Crippen LogP contribution in [0.15, 0.2) is 66.0 Å². The van der Waals surface area contributed by atoms with Crippen molar-refractivity contribution in [3.05, 3.63) is 76.5 Å². The summed E-state index contributed by atoms with van der Waals surface area (Å²) in [4.78, 5) is 24.9. The quantitative estimate of drug-likeness (QED) is 0.667. The summed E-state index contributed by atoms with van der Waals surface area (Å²) in [5.74, 6) is 0.379. The zero-order valence-electron chi connectivity index (χ0n) is 14.2. The molecule has 0 fully saturated rings. The minimum atomic E-state index is -0.205. The largest absolute Gasteiger partial charge is 0.494 e. The van der Waals surface area contributed by atoms with E-state index < -0.39 is 0 Å². The normalized spacial score (nSPS) is 10.2. The molecule has 0 bridgehead atoms. The van der Waals surface area contributed by atoms with E-state index in [2.05, 4.69) is 10.6 Å². The summed E-state index contributed by atoms with van der Waals surface area (Å²) < 4.78 is 5.36. The van der Waals surface area contributed by atoms with Crippen LogP contribution in [0.25, 0.3) is 0 Å². The standard InChI is InChI=1S/C20H18N2O3S/c1-2-25-17-11-5-14(6-12-17)19(23)21-15-7-9-16(10-8-15)22-20(24)18-4-3-13-26-18/h3-13H,2H2,1H3,(H,21,23)(H,22,24). The van der Waals surface area contributed by atoms with E-state index >= 15 is 0 Å². The van der Waals surface area contributed by atoms with Crippen LogP contribution in [0, 0.1) is 0 Å². The first-order chi connectivity index (χ1) is 12.7. The number of rotatable bonds is 6. The molecule has 0 aliphatic heterocycles. The zero-order valence-corrected chi connectivity index (χ0v) is 15.0. The van der Waals surface area contributed by atoms with Gasteiger partial charge in [-0.25, -0.2) is 0 Å². The average molecular weight is 366 g/mol. The van der Waals surface area contributed by atoms with E-state index in [4.69, 9.17) is 4.74 Å². The van der Waals surface area contributed by atoms with Crippen molar-refractivity contribution in [1.29, 1.82) is 0 Å². The van der Waals surface area contributed by atoms with E-state index in [0.717, 1.165) is 5.75 Å². The van der Waals surface area contributed by atoms with Crippen LogP contribution in [0.5, 0.6) is 5.75 Å². The number of hydrogen-bond acceptors (Lipinski definition) is 4. The fourth-order valence-corrected chi connectivity index (χ4v) is 2.93. The van der Waals surface area contributed by atoms with Gasteiger partial charge in [-0.3, -0.25) is 9.59 Å². The van der Waals surface area contributed by atoms with Crippen molar-refractivity contribution in [2.24, 2.45) is 0 Å².